The van der Waals surface area contributed by atoms with Gasteiger partial charge in [0.05, 0.1) is 0 Å². The first-order valence-electron chi connectivity index (χ1n) is 6.74. The first kappa shape index (κ1) is 13.8. The fourth-order valence-electron chi connectivity index (χ4n) is 2.65. The van der Waals surface area contributed by atoms with Gasteiger partial charge in [-0.3, -0.25) is 0 Å². The van der Waals surface area contributed by atoms with Crippen LogP contribution in [-0.2, 0) is 6.54 Å². The largest absolute Gasteiger partial charge is 0.369 e. The fourth-order valence-corrected chi connectivity index (χ4v) is 3.98. The first-order chi connectivity index (χ1) is 8.60. The third-order valence-corrected chi connectivity index (χ3v) is 4.71. The molecule has 0 spiro atoms. The molecule has 1 aromatic carbocycles. The number of anilines is 1. The quantitative estimate of drug-likeness (QED) is 0.903. The van der Waals surface area contributed by atoms with Crippen molar-refractivity contribution in [2.45, 2.75) is 37.8 Å². The maximum Gasteiger partial charge on any atom is 0.0369 e. The van der Waals surface area contributed by atoms with E-state index in [1.807, 2.05) is 7.05 Å². The second kappa shape index (κ2) is 5.98. The van der Waals surface area contributed by atoms with Crippen LogP contribution in [0.25, 0.3) is 0 Å². The Balaban J connectivity index is 2.15. The highest BCUT2D eigenvalue weighted by Gasteiger charge is 2.22. The monoisotopic (exact) mass is 264 g/mol. The molecule has 2 rings (SSSR count). The highest BCUT2D eigenvalue weighted by Crippen LogP contribution is 2.29. The molecule has 0 saturated carbocycles. The van der Waals surface area contributed by atoms with Gasteiger partial charge in [0.15, 0.2) is 0 Å². The van der Waals surface area contributed by atoms with E-state index in [1.54, 1.807) is 0 Å². The van der Waals surface area contributed by atoms with E-state index in [4.69, 9.17) is 0 Å². The summed E-state index contributed by atoms with van der Waals surface area (Å²) in [6.45, 7) is 10.2. The standard InChI is InChI=1S/C15H24N2S/c1-11-7-15(6-5-14(11)8-16-4)17-9-12(2)18-13(3)10-17/h5-7,12-13,16H,8-10H2,1-4H3. The molecule has 2 atom stereocenters. The zero-order valence-electron chi connectivity index (χ0n) is 11.9. The summed E-state index contributed by atoms with van der Waals surface area (Å²) >= 11 is 2.10. The number of nitrogens with one attached hydrogen (secondary N) is 1. The van der Waals surface area contributed by atoms with Crippen molar-refractivity contribution >= 4 is 17.4 Å². The van der Waals surface area contributed by atoms with Crippen molar-refractivity contribution in [3.05, 3.63) is 29.3 Å². The molecule has 18 heavy (non-hydrogen) atoms. The number of aryl methyl sites for hydroxylation is 1. The van der Waals surface area contributed by atoms with Crippen LogP contribution in [0.5, 0.6) is 0 Å². The van der Waals surface area contributed by atoms with Crippen LogP contribution >= 0.6 is 11.8 Å². The normalized spacial score (nSPS) is 24.3. The zero-order chi connectivity index (χ0) is 13.1. The van der Waals surface area contributed by atoms with Gasteiger partial charge in [-0.05, 0) is 37.2 Å². The van der Waals surface area contributed by atoms with E-state index in [-0.39, 0.29) is 0 Å². The summed E-state index contributed by atoms with van der Waals surface area (Å²) in [6, 6.07) is 6.87. The summed E-state index contributed by atoms with van der Waals surface area (Å²) in [5, 5.41) is 4.68. The summed E-state index contributed by atoms with van der Waals surface area (Å²) in [4.78, 5) is 2.53. The van der Waals surface area contributed by atoms with Gasteiger partial charge in [-0.15, -0.1) is 0 Å². The van der Waals surface area contributed by atoms with Gasteiger partial charge in [0.25, 0.3) is 0 Å². The van der Waals surface area contributed by atoms with E-state index in [9.17, 15) is 0 Å². The molecule has 100 valence electrons. The topological polar surface area (TPSA) is 15.3 Å². The molecule has 1 fully saturated rings. The second-order valence-corrected chi connectivity index (χ2v) is 7.19. The van der Waals surface area contributed by atoms with E-state index in [1.165, 1.54) is 29.9 Å². The Bertz CT molecular complexity index is 395. The number of thioether (sulfide) groups is 1. The summed E-state index contributed by atoms with van der Waals surface area (Å²) in [6.07, 6.45) is 0. The number of hydrogen-bond acceptors (Lipinski definition) is 3. The van der Waals surface area contributed by atoms with E-state index < -0.39 is 0 Å². The Morgan fingerprint density at radius 3 is 2.50 bits per heavy atom. The van der Waals surface area contributed by atoms with E-state index in [0.29, 0.717) is 0 Å². The van der Waals surface area contributed by atoms with Gasteiger partial charge in [0.2, 0.25) is 0 Å². The van der Waals surface area contributed by atoms with Crippen LogP contribution in [0.3, 0.4) is 0 Å². The fraction of sp³-hybridized carbons (Fsp3) is 0.600. The second-order valence-electron chi connectivity index (χ2n) is 5.30. The van der Waals surface area contributed by atoms with Gasteiger partial charge < -0.3 is 10.2 Å². The maximum absolute atomic E-state index is 3.22. The molecule has 0 bridgehead atoms. The molecule has 2 nitrogen and oxygen atoms in total. The summed E-state index contributed by atoms with van der Waals surface area (Å²) in [5.74, 6) is 0. The molecule has 1 heterocycles. The summed E-state index contributed by atoms with van der Waals surface area (Å²) in [5.41, 5.74) is 4.17. The summed E-state index contributed by atoms with van der Waals surface area (Å²) < 4.78 is 0. The van der Waals surface area contributed by atoms with Crippen LogP contribution in [-0.4, -0.2) is 30.6 Å². The third-order valence-electron chi connectivity index (χ3n) is 3.48. The average Bonchev–Trinajstić information content (AvgIpc) is 2.30. The summed E-state index contributed by atoms with van der Waals surface area (Å²) in [7, 11) is 2.00. The third kappa shape index (κ3) is 3.21. The molecule has 0 aliphatic carbocycles. The molecule has 1 aliphatic heterocycles. The lowest BCUT2D eigenvalue weighted by Crippen LogP contribution is -2.40. The SMILES string of the molecule is CNCc1ccc(N2CC(C)SC(C)C2)cc1C. The van der Waals surface area contributed by atoms with Gasteiger partial charge >= 0.3 is 0 Å². The molecule has 3 heteroatoms. The van der Waals surface area contributed by atoms with E-state index >= 15 is 0 Å². The molecule has 1 N–H and O–H groups in total. The van der Waals surface area contributed by atoms with Crippen molar-refractivity contribution in [1.82, 2.24) is 5.32 Å². The minimum absolute atomic E-state index is 0.728. The zero-order valence-corrected chi connectivity index (χ0v) is 12.7. The van der Waals surface area contributed by atoms with Gasteiger partial charge in [-0.25, -0.2) is 0 Å². The Morgan fingerprint density at radius 1 is 1.28 bits per heavy atom. The number of benzene rings is 1. The van der Waals surface area contributed by atoms with Gasteiger partial charge in [0, 0.05) is 35.8 Å². The highest BCUT2D eigenvalue weighted by atomic mass is 32.2. The van der Waals surface area contributed by atoms with Crippen molar-refractivity contribution in [3.63, 3.8) is 0 Å². The molecule has 1 aromatic rings. The van der Waals surface area contributed by atoms with Crippen LogP contribution in [0.2, 0.25) is 0 Å². The minimum Gasteiger partial charge on any atom is -0.369 e. The van der Waals surface area contributed by atoms with Crippen molar-refractivity contribution in [2.75, 3.05) is 25.0 Å². The lowest BCUT2D eigenvalue weighted by atomic mass is 10.1. The Hall–Kier alpha value is -0.670. The highest BCUT2D eigenvalue weighted by molar-refractivity contribution is 8.00. The van der Waals surface area contributed by atoms with Crippen LogP contribution in [0.1, 0.15) is 25.0 Å². The molecular formula is C15H24N2S. The number of nitrogens with zero attached hydrogens (tertiary/aromatic N) is 1. The Morgan fingerprint density at radius 2 is 1.94 bits per heavy atom. The smallest absolute Gasteiger partial charge is 0.0369 e. The molecule has 1 aliphatic rings. The van der Waals surface area contributed by atoms with Gasteiger partial charge in [-0.2, -0.15) is 11.8 Å². The van der Waals surface area contributed by atoms with Crippen LogP contribution < -0.4 is 10.2 Å². The van der Waals surface area contributed by atoms with Gasteiger partial charge in [-0.1, -0.05) is 19.9 Å². The van der Waals surface area contributed by atoms with Crippen molar-refractivity contribution < 1.29 is 0 Å². The lowest BCUT2D eigenvalue weighted by molar-refractivity contribution is 0.727. The van der Waals surface area contributed by atoms with Crippen LogP contribution in [0.15, 0.2) is 18.2 Å². The van der Waals surface area contributed by atoms with Crippen LogP contribution in [0.4, 0.5) is 5.69 Å². The van der Waals surface area contributed by atoms with Gasteiger partial charge in [0.1, 0.15) is 0 Å². The predicted molar refractivity (Wildman–Crippen MR) is 82.7 cm³/mol. The minimum atomic E-state index is 0.728. The van der Waals surface area contributed by atoms with Crippen molar-refractivity contribution in [3.8, 4) is 0 Å². The number of rotatable bonds is 3. The van der Waals surface area contributed by atoms with Crippen LogP contribution in [0, 0.1) is 6.92 Å². The maximum atomic E-state index is 3.22. The predicted octanol–water partition coefficient (Wildman–Crippen LogP) is 3.04. The van der Waals surface area contributed by atoms with Crippen molar-refractivity contribution in [1.29, 1.82) is 0 Å². The Kier molecular flexibility index (Phi) is 4.57. The molecule has 2 unspecified atom stereocenters. The Labute approximate surface area is 115 Å². The molecule has 0 radical (unpaired) electrons. The lowest BCUT2D eigenvalue weighted by Gasteiger charge is -2.36. The average molecular weight is 264 g/mol. The molecule has 0 aromatic heterocycles. The molecular weight excluding hydrogens is 240 g/mol. The first-order valence-corrected chi connectivity index (χ1v) is 7.69. The van der Waals surface area contributed by atoms with E-state index in [0.717, 1.165) is 17.0 Å². The molecule has 0 amide bonds. The van der Waals surface area contributed by atoms with E-state index in [2.05, 4.69) is 60.9 Å². The van der Waals surface area contributed by atoms with Crippen molar-refractivity contribution in [2.24, 2.45) is 0 Å². The number of hydrogen-bond donors (Lipinski definition) is 1. The molecule has 1 saturated heterocycles.